The van der Waals surface area contributed by atoms with Gasteiger partial charge in [0.2, 0.25) is 0 Å². The number of nitrogens with zero attached hydrogens (tertiary/aromatic N) is 1. The molecule has 0 amide bonds. The number of hydrogen-bond donors (Lipinski definition) is 1. The zero-order chi connectivity index (χ0) is 16.9. The van der Waals surface area contributed by atoms with E-state index in [9.17, 15) is 0 Å². The van der Waals surface area contributed by atoms with Crippen LogP contribution in [0.25, 0.3) is 16.5 Å². The van der Waals surface area contributed by atoms with Crippen LogP contribution in [-0.2, 0) is 0 Å². The third-order valence-electron chi connectivity index (χ3n) is 3.77. The van der Waals surface area contributed by atoms with Crippen molar-refractivity contribution in [3.8, 4) is 0 Å². The zero-order valence-electron chi connectivity index (χ0n) is 13.7. The van der Waals surface area contributed by atoms with E-state index >= 15 is 0 Å². The minimum atomic E-state index is 0.711. The molecular formula is C22H20N2. The van der Waals surface area contributed by atoms with Gasteiger partial charge in [0.1, 0.15) is 0 Å². The largest absolute Gasteiger partial charge is 0.402 e. The van der Waals surface area contributed by atoms with E-state index in [1.807, 2.05) is 55.5 Å². The summed E-state index contributed by atoms with van der Waals surface area (Å²) in [7, 11) is 0. The molecular weight excluding hydrogens is 292 g/mol. The van der Waals surface area contributed by atoms with Gasteiger partial charge in [0, 0.05) is 11.3 Å². The molecule has 0 bridgehead atoms. The van der Waals surface area contributed by atoms with Crippen LogP contribution in [0, 0.1) is 0 Å². The van der Waals surface area contributed by atoms with Crippen molar-refractivity contribution in [1.29, 1.82) is 0 Å². The van der Waals surface area contributed by atoms with Crippen LogP contribution >= 0.6 is 0 Å². The van der Waals surface area contributed by atoms with E-state index < -0.39 is 0 Å². The number of aliphatic imine (C=N–C) groups is 1. The molecule has 2 heteroatoms. The molecule has 3 aromatic rings. The number of allylic oxidation sites excluding steroid dienone is 2. The van der Waals surface area contributed by atoms with E-state index in [4.69, 9.17) is 10.7 Å². The van der Waals surface area contributed by atoms with Gasteiger partial charge in [-0.25, -0.2) is 4.99 Å². The van der Waals surface area contributed by atoms with Crippen LogP contribution in [0.4, 0.5) is 0 Å². The topological polar surface area (TPSA) is 38.4 Å². The fraction of sp³-hybridized carbons (Fsp3) is 0.0455. The predicted molar refractivity (Wildman–Crippen MR) is 104 cm³/mol. The van der Waals surface area contributed by atoms with Gasteiger partial charge in [0.15, 0.2) is 0 Å². The lowest BCUT2D eigenvalue weighted by atomic mass is 10.0. The monoisotopic (exact) mass is 312 g/mol. The van der Waals surface area contributed by atoms with Crippen molar-refractivity contribution in [3.63, 3.8) is 0 Å². The van der Waals surface area contributed by atoms with Crippen LogP contribution in [-0.4, -0.2) is 5.71 Å². The van der Waals surface area contributed by atoms with Crippen LogP contribution in [0.5, 0.6) is 0 Å². The maximum Gasteiger partial charge on any atom is 0.0726 e. The maximum atomic E-state index is 5.91. The first-order valence-electron chi connectivity index (χ1n) is 7.89. The third-order valence-corrected chi connectivity index (χ3v) is 3.77. The van der Waals surface area contributed by atoms with Crippen LogP contribution in [0.2, 0.25) is 0 Å². The first kappa shape index (κ1) is 15.8. The second-order valence-electron chi connectivity index (χ2n) is 5.76. The lowest BCUT2D eigenvalue weighted by molar-refractivity contribution is 1.32. The summed E-state index contributed by atoms with van der Waals surface area (Å²) in [5, 5.41) is 2.38. The Labute approximate surface area is 142 Å². The number of rotatable bonds is 4. The van der Waals surface area contributed by atoms with Crippen molar-refractivity contribution >= 4 is 22.2 Å². The van der Waals surface area contributed by atoms with E-state index in [2.05, 4.69) is 36.9 Å². The standard InChI is InChI=1S/C22H20N2/c1-16(23)14-22(24-17(2)18-8-4-3-5-9-18)21-13-12-19-10-6-7-11-20(19)15-21/h3-15H,2,23H2,1H3/b16-14-,24-22+. The molecule has 0 radical (unpaired) electrons. The molecule has 0 aliphatic heterocycles. The molecule has 0 aliphatic rings. The molecule has 3 aromatic carbocycles. The summed E-state index contributed by atoms with van der Waals surface area (Å²) >= 11 is 0. The second-order valence-corrected chi connectivity index (χ2v) is 5.76. The van der Waals surface area contributed by atoms with Gasteiger partial charge in [-0.05, 0) is 35.4 Å². The highest BCUT2D eigenvalue weighted by Gasteiger charge is 2.05. The highest BCUT2D eigenvalue weighted by atomic mass is 14.8. The van der Waals surface area contributed by atoms with Gasteiger partial charge in [-0.15, -0.1) is 0 Å². The number of nitrogens with two attached hydrogens (primary N) is 1. The van der Waals surface area contributed by atoms with E-state index in [0.29, 0.717) is 5.70 Å². The molecule has 0 fully saturated rings. The predicted octanol–water partition coefficient (Wildman–Crippen LogP) is 5.16. The van der Waals surface area contributed by atoms with Crippen LogP contribution in [0.3, 0.4) is 0 Å². The Bertz CT molecular complexity index is 930. The molecule has 24 heavy (non-hydrogen) atoms. The van der Waals surface area contributed by atoms with Gasteiger partial charge >= 0.3 is 0 Å². The third kappa shape index (κ3) is 3.61. The summed E-state index contributed by atoms with van der Waals surface area (Å²) in [5.41, 5.74) is 10.2. The Kier molecular flexibility index (Phi) is 4.57. The van der Waals surface area contributed by atoms with Crippen LogP contribution < -0.4 is 5.73 Å². The number of fused-ring (bicyclic) bond motifs is 1. The molecule has 0 aliphatic carbocycles. The molecule has 0 spiro atoms. The highest BCUT2D eigenvalue weighted by Crippen LogP contribution is 2.20. The van der Waals surface area contributed by atoms with Crippen molar-refractivity contribution in [2.24, 2.45) is 10.7 Å². The van der Waals surface area contributed by atoms with Crippen molar-refractivity contribution in [3.05, 3.63) is 102 Å². The fourth-order valence-corrected chi connectivity index (χ4v) is 2.58. The molecule has 0 heterocycles. The first-order chi connectivity index (χ1) is 11.6. The van der Waals surface area contributed by atoms with E-state index in [-0.39, 0.29) is 0 Å². The molecule has 3 rings (SSSR count). The minimum absolute atomic E-state index is 0.711. The van der Waals surface area contributed by atoms with Crippen LogP contribution in [0.15, 0.2) is 96.1 Å². The van der Waals surface area contributed by atoms with E-state index in [1.54, 1.807) is 0 Å². The van der Waals surface area contributed by atoms with Gasteiger partial charge in [-0.2, -0.15) is 0 Å². The molecule has 2 N–H and O–H groups in total. The Morgan fingerprint density at radius 1 is 0.875 bits per heavy atom. The molecule has 0 aromatic heterocycles. The number of benzene rings is 3. The average Bonchev–Trinajstić information content (AvgIpc) is 2.61. The summed E-state index contributed by atoms with van der Waals surface area (Å²) in [6.45, 7) is 5.97. The Hall–Kier alpha value is -3.13. The Balaban J connectivity index is 2.07. The molecule has 0 atom stereocenters. The Morgan fingerprint density at radius 2 is 1.54 bits per heavy atom. The number of hydrogen-bond acceptors (Lipinski definition) is 2. The van der Waals surface area contributed by atoms with E-state index in [0.717, 1.165) is 22.5 Å². The van der Waals surface area contributed by atoms with Crippen molar-refractivity contribution < 1.29 is 0 Å². The summed E-state index contributed by atoms with van der Waals surface area (Å²) in [6.07, 6.45) is 1.89. The normalized spacial score (nSPS) is 12.4. The zero-order valence-corrected chi connectivity index (χ0v) is 13.7. The summed E-state index contributed by atoms with van der Waals surface area (Å²) in [5.74, 6) is 0. The molecule has 2 nitrogen and oxygen atoms in total. The summed E-state index contributed by atoms with van der Waals surface area (Å²) < 4.78 is 0. The van der Waals surface area contributed by atoms with Gasteiger partial charge < -0.3 is 5.73 Å². The molecule has 0 saturated carbocycles. The van der Waals surface area contributed by atoms with Crippen LogP contribution in [0.1, 0.15) is 18.1 Å². The molecule has 0 saturated heterocycles. The quantitative estimate of drug-likeness (QED) is 0.664. The van der Waals surface area contributed by atoms with Crippen molar-refractivity contribution in [2.45, 2.75) is 6.92 Å². The van der Waals surface area contributed by atoms with Crippen molar-refractivity contribution in [1.82, 2.24) is 0 Å². The van der Waals surface area contributed by atoms with Gasteiger partial charge in [0.25, 0.3) is 0 Å². The highest BCUT2D eigenvalue weighted by molar-refractivity contribution is 6.12. The smallest absolute Gasteiger partial charge is 0.0726 e. The van der Waals surface area contributed by atoms with Gasteiger partial charge in [0.05, 0.1) is 11.4 Å². The van der Waals surface area contributed by atoms with Gasteiger partial charge in [-0.3, -0.25) is 0 Å². The first-order valence-corrected chi connectivity index (χ1v) is 7.89. The minimum Gasteiger partial charge on any atom is -0.402 e. The van der Waals surface area contributed by atoms with Gasteiger partial charge in [-0.1, -0.05) is 73.3 Å². The molecule has 118 valence electrons. The SMILES string of the molecule is C=C(/N=C(\C=C(\C)N)c1ccc2ccccc2c1)c1ccccc1. The lowest BCUT2D eigenvalue weighted by Gasteiger charge is -2.07. The summed E-state index contributed by atoms with van der Waals surface area (Å²) in [4.78, 5) is 4.73. The average molecular weight is 312 g/mol. The maximum absolute atomic E-state index is 5.91. The fourth-order valence-electron chi connectivity index (χ4n) is 2.58. The van der Waals surface area contributed by atoms with E-state index in [1.165, 1.54) is 10.8 Å². The Morgan fingerprint density at radius 3 is 2.25 bits per heavy atom. The lowest BCUT2D eigenvalue weighted by Crippen LogP contribution is -2.02. The summed E-state index contributed by atoms with van der Waals surface area (Å²) in [6, 6.07) is 24.5. The van der Waals surface area contributed by atoms with Crippen molar-refractivity contribution in [2.75, 3.05) is 0 Å². The second kappa shape index (κ2) is 6.97. The molecule has 0 unspecified atom stereocenters.